The number of hydrogen-bond acceptors (Lipinski definition) is 5. The number of halogens is 1. The van der Waals surface area contributed by atoms with Crippen LogP contribution in [0.4, 0.5) is 5.69 Å². The summed E-state index contributed by atoms with van der Waals surface area (Å²) in [5.41, 5.74) is 2.56. The maximum Gasteiger partial charge on any atom is 0.300 e. The number of nitrogens with zero attached hydrogens (tertiary/aromatic N) is 2. The van der Waals surface area contributed by atoms with Crippen LogP contribution >= 0.6 is 11.6 Å². The Labute approximate surface area is 190 Å². The summed E-state index contributed by atoms with van der Waals surface area (Å²) < 4.78 is 5.51. The molecule has 1 atom stereocenters. The highest BCUT2D eigenvalue weighted by Crippen LogP contribution is 2.42. The Balaban J connectivity index is 1.91. The van der Waals surface area contributed by atoms with Gasteiger partial charge in [0, 0.05) is 23.6 Å². The minimum Gasteiger partial charge on any atom is -0.507 e. The van der Waals surface area contributed by atoms with E-state index >= 15 is 0 Å². The SMILES string of the molecule is CCOc1cc(/C(O)=C2/C(=O)C(=O)N(c3ccc(C)cc3)C2c2ccncc2)ccc1Cl. The molecule has 7 heteroatoms. The molecule has 0 spiro atoms. The molecule has 1 aliphatic heterocycles. The number of aryl methyl sites for hydroxylation is 1. The van der Waals surface area contributed by atoms with Crippen LogP contribution in [0.25, 0.3) is 5.76 Å². The lowest BCUT2D eigenvalue weighted by molar-refractivity contribution is -0.132. The number of ether oxygens (including phenoxy) is 1. The number of aliphatic hydroxyl groups is 1. The lowest BCUT2D eigenvalue weighted by atomic mass is 9.95. The Morgan fingerprint density at radius 2 is 1.78 bits per heavy atom. The monoisotopic (exact) mass is 448 g/mol. The van der Waals surface area contributed by atoms with Crippen molar-refractivity contribution in [1.29, 1.82) is 0 Å². The van der Waals surface area contributed by atoms with Crippen LogP contribution in [0.15, 0.2) is 72.6 Å². The molecule has 0 saturated carbocycles. The molecule has 1 saturated heterocycles. The van der Waals surface area contributed by atoms with Crippen molar-refractivity contribution in [2.45, 2.75) is 19.9 Å². The molecule has 0 aliphatic carbocycles. The van der Waals surface area contributed by atoms with Crippen molar-refractivity contribution < 1.29 is 19.4 Å². The third-order valence-electron chi connectivity index (χ3n) is 5.28. The summed E-state index contributed by atoms with van der Waals surface area (Å²) in [6, 6.07) is 14.7. The van der Waals surface area contributed by atoms with Crippen molar-refractivity contribution in [2.75, 3.05) is 11.5 Å². The summed E-state index contributed by atoms with van der Waals surface area (Å²) in [5, 5.41) is 11.6. The quantitative estimate of drug-likeness (QED) is 0.335. The lowest BCUT2D eigenvalue weighted by Crippen LogP contribution is -2.29. The first-order chi connectivity index (χ1) is 15.4. The van der Waals surface area contributed by atoms with Gasteiger partial charge >= 0.3 is 0 Å². The molecule has 1 aliphatic rings. The van der Waals surface area contributed by atoms with Crippen LogP contribution in [0.1, 0.15) is 29.7 Å². The maximum atomic E-state index is 13.2. The third-order valence-corrected chi connectivity index (χ3v) is 5.60. The zero-order valence-corrected chi connectivity index (χ0v) is 18.3. The van der Waals surface area contributed by atoms with E-state index in [0.717, 1.165) is 5.56 Å². The van der Waals surface area contributed by atoms with Crippen LogP contribution in [0.3, 0.4) is 0 Å². The molecule has 1 unspecified atom stereocenters. The van der Waals surface area contributed by atoms with E-state index in [0.29, 0.717) is 34.2 Å². The van der Waals surface area contributed by atoms with Crippen LogP contribution in [0.5, 0.6) is 5.75 Å². The number of carbonyl (C=O) groups excluding carboxylic acids is 2. The van der Waals surface area contributed by atoms with Crippen molar-refractivity contribution in [3.05, 3.63) is 94.3 Å². The molecule has 2 heterocycles. The minimum absolute atomic E-state index is 0.00783. The van der Waals surface area contributed by atoms with Crippen LogP contribution in [0.2, 0.25) is 5.02 Å². The molecule has 1 N–H and O–H groups in total. The van der Waals surface area contributed by atoms with Gasteiger partial charge in [-0.15, -0.1) is 0 Å². The predicted octanol–water partition coefficient (Wildman–Crippen LogP) is 5.07. The predicted molar refractivity (Wildman–Crippen MR) is 123 cm³/mol. The molecule has 0 radical (unpaired) electrons. The molecule has 1 amide bonds. The molecule has 1 aromatic heterocycles. The van der Waals surface area contributed by atoms with E-state index in [1.807, 2.05) is 26.0 Å². The number of pyridine rings is 1. The number of aromatic nitrogens is 1. The van der Waals surface area contributed by atoms with Gasteiger partial charge in [-0.1, -0.05) is 29.3 Å². The van der Waals surface area contributed by atoms with E-state index in [1.165, 1.54) is 4.90 Å². The highest BCUT2D eigenvalue weighted by molar-refractivity contribution is 6.51. The van der Waals surface area contributed by atoms with E-state index in [2.05, 4.69) is 4.98 Å². The average molecular weight is 449 g/mol. The fraction of sp³-hybridized carbons (Fsp3) is 0.160. The molecule has 6 nitrogen and oxygen atoms in total. The van der Waals surface area contributed by atoms with Crippen molar-refractivity contribution in [2.24, 2.45) is 0 Å². The topological polar surface area (TPSA) is 79.7 Å². The number of ketones is 1. The number of Topliss-reactive ketones (excluding diaryl/α,β-unsaturated/α-hetero) is 1. The number of anilines is 1. The number of carbonyl (C=O) groups is 2. The molecule has 1 fully saturated rings. The molecular formula is C25H21ClN2O4. The summed E-state index contributed by atoms with van der Waals surface area (Å²) in [4.78, 5) is 31.7. The molecule has 3 aromatic rings. The van der Waals surface area contributed by atoms with Crippen molar-refractivity contribution >= 4 is 34.7 Å². The fourth-order valence-corrected chi connectivity index (χ4v) is 3.91. The van der Waals surface area contributed by atoms with E-state index < -0.39 is 17.7 Å². The molecule has 2 aromatic carbocycles. The molecule has 0 bridgehead atoms. The highest BCUT2D eigenvalue weighted by atomic mass is 35.5. The zero-order valence-electron chi connectivity index (χ0n) is 17.6. The lowest BCUT2D eigenvalue weighted by Gasteiger charge is -2.25. The summed E-state index contributed by atoms with van der Waals surface area (Å²) in [7, 11) is 0. The van der Waals surface area contributed by atoms with Gasteiger partial charge in [0.25, 0.3) is 11.7 Å². The number of hydrogen-bond donors (Lipinski definition) is 1. The van der Waals surface area contributed by atoms with Gasteiger partial charge in [-0.2, -0.15) is 0 Å². The molecule has 32 heavy (non-hydrogen) atoms. The fourth-order valence-electron chi connectivity index (χ4n) is 3.74. The second-order valence-electron chi connectivity index (χ2n) is 7.36. The summed E-state index contributed by atoms with van der Waals surface area (Å²) in [6.07, 6.45) is 3.17. The van der Waals surface area contributed by atoms with Crippen molar-refractivity contribution in [3.8, 4) is 5.75 Å². The zero-order chi connectivity index (χ0) is 22.8. The van der Waals surface area contributed by atoms with E-state index in [9.17, 15) is 14.7 Å². The smallest absolute Gasteiger partial charge is 0.300 e. The summed E-state index contributed by atoms with van der Waals surface area (Å²) in [5.74, 6) is -1.39. The number of aliphatic hydroxyl groups excluding tert-OH is 1. The molecular weight excluding hydrogens is 428 g/mol. The van der Waals surface area contributed by atoms with Gasteiger partial charge in [0.1, 0.15) is 11.5 Å². The van der Waals surface area contributed by atoms with Crippen LogP contribution < -0.4 is 9.64 Å². The standard InChI is InChI=1S/C25H21ClN2O4/c1-3-32-20-14-17(6-9-19(20)26)23(29)21-22(16-10-12-27-13-11-16)28(25(31)24(21)30)18-7-4-15(2)5-8-18/h4-14,22,29H,3H2,1-2H3/b23-21-. The largest absolute Gasteiger partial charge is 0.507 e. The van der Waals surface area contributed by atoms with Crippen molar-refractivity contribution in [1.82, 2.24) is 4.98 Å². The molecule has 4 rings (SSSR count). The van der Waals surface area contributed by atoms with E-state index in [1.54, 1.807) is 54.9 Å². The van der Waals surface area contributed by atoms with E-state index in [4.69, 9.17) is 16.3 Å². The Hall–Kier alpha value is -3.64. The van der Waals surface area contributed by atoms with Gasteiger partial charge < -0.3 is 9.84 Å². The highest BCUT2D eigenvalue weighted by Gasteiger charge is 2.47. The van der Waals surface area contributed by atoms with Gasteiger partial charge in [0.05, 0.1) is 23.2 Å². The Morgan fingerprint density at radius 1 is 1.09 bits per heavy atom. The Morgan fingerprint density at radius 3 is 2.44 bits per heavy atom. The first kappa shape index (κ1) is 21.6. The van der Waals surface area contributed by atoms with Gasteiger partial charge in [0.2, 0.25) is 0 Å². The third kappa shape index (κ3) is 3.85. The van der Waals surface area contributed by atoms with Crippen LogP contribution in [-0.2, 0) is 9.59 Å². The molecule has 162 valence electrons. The normalized spacial score (nSPS) is 17.6. The summed E-state index contributed by atoms with van der Waals surface area (Å²) >= 11 is 6.17. The van der Waals surface area contributed by atoms with Gasteiger partial charge in [-0.05, 0) is 61.9 Å². The minimum atomic E-state index is -0.813. The Kier molecular flexibility index (Phi) is 5.97. The van der Waals surface area contributed by atoms with Gasteiger partial charge in [0.15, 0.2) is 0 Å². The maximum absolute atomic E-state index is 13.2. The van der Waals surface area contributed by atoms with E-state index in [-0.39, 0.29) is 11.3 Å². The van der Waals surface area contributed by atoms with Gasteiger partial charge in [-0.25, -0.2) is 0 Å². The average Bonchev–Trinajstić information content (AvgIpc) is 3.07. The first-order valence-corrected chi connectivity index (χ1v) is 10.5. The second kappa shape index (κ2) is 8.85. The number of amides is 1. The van der Waals surface area contributed by atoms with Crippen LogP contribution in [-0.4, -0.2) is 28.4 Å². The number of rotatable bonds is 5. The second-order valence-corrected chi connectivity index (χ2v) is 7.77. The van der Waals surface area contributed by atoms with Crippen molar-refractivity contribution in [3.63, 3.8) is 0 Å². The number of benzene rings is 2. The van der Waals surface area contributed by atoms with Crippen LogP contribution in [0, 0.1) is 6.92 Å². The van der Waals surface area contributed by atoms with Gasteiger partial charge in [-0.3, -0.25) is 19.5 Å². The first-order valence-electron chi connectivity index (χ1n) is 10.1. The Bertz CT molecular complexity index is 1210. The summed E-state index contributed by atoms with van der Waals surface area (Å²) in [6.45, 7) is 4.15.